The monoisotopic (exact) mass is 498 g/mol. The van der Waals surface area contributed by atoms with Gasteiger partial charge in [-0.3, -0.25) is 0 Å². The van der Waals surface area contributed by atoms with Crippen molar-refractivity contribution in [3.05, 3.63) is 95.1 Å². The van der Waals surface area contributed by atoms with E-state index in [0.717, 1.165) is 11.6 Å². The summed E-state index contributed by atoms with van der Waals surface area (Å²) in [6.45, 7) is 5.47. The lowest BCUT2D eigenvalue weighted by molar-refractivity contribution is 0.0188. The lowest BCUT2D eigenvalue weighted by Crippen LogP contribution is -2.25. The summed E-state index contributed by atoms with van der Waals surface area (Å²) in [6, 6.07) is 12.5. The van der Waals surface area contributed by atoms with Crippen LogP contribution in [0.3, 0.4) is 0 Å². The van der Waals surface area contributed by atoms with E-state index in [2.05, 4.69) is 6.58 Å². The highest BCUT2D eigenvalue weighted by atomic mass is 19.2. The number of hydrogen-bond acceptors (Lipinski definition) is 3. The van der Waals surface area contributed by atoms with E-state index < -0.39 is 40.9 Å². The topological polar surface area (TPSA) is 35.5 Å². The molecule has 0 atom stereocenters. The second-order valence-corrected chi connectivity index (χ2v) is 8.71. The lowest BCUT2D eigenvalue weighted by atomic mass is 9.82. The molecule has 1 fully saturated rings. The predicted molar refractivity (Wildman–Crippen MR) is 130 cm³/mol. The van der Waals surface area contributed by atoms with E-state index in [1.54, 1.807) is 49.4 Å². The van der Waals surface area contributed by atoms with E-state index in [0.29, 0.717) is 31.2 Å². The molecule has 0 aliphatic heterocycles. The predicted octanol–water partition coefficient (Wildman–Crippen LogP) is 7.83. The molecular weight excluding hydrogens is 472 g/mol. The van der Waals surface area contributed by atoms with Gasteiger partial charge in [-0.05, 0) is 67.3 Å². The zero-order chi connectivity index (χ0) is 25.8. The van der Waals surface area contributed by atoms with Crippen LogP contribution in [0.1, 0.15) is 60.0 Å². The summed E-state index contributed by atoms with van der Waals surface area (Å²) in [4.78, 5) is 12.4. The van der Waals surface area contributed by atoms with Gasteiger partial charge in [0.25, 0.3) is 0 Å². The maximum absolute atomic E-state index is 15.0. The number of halogens is 4. The second-order valence-electron chi connectivity index (χ2n) is 8.71. The molecular formula is C29H26F4O3. The zero-order valence-corrected chi connectivity index (χ0v) is 19.8. The molecule has 0 radical (unpaired) electrons. The van der Waals surface area contributed by atoms with E-state index in [9.17, 15) is 18.0 Å². The smallest absolute Gasteiger partial charge is 0.341 e. The molecule has 0 N–H and O–H groups in total. The second kappa shape index (κ2) is 11.0. The normalized spacial score (nSPS) is 17.5. The number of esters is 1. The molecule has 0 bridgehead atoms. The van der Waals surface area contributed by atoms with Crippen molar-refractivity contribution in [1.29, 1.82) is 0 Å². The Bertz CT molecular complexity index is 1260. The molecule has 3 aromatic carbocycles. The molecule has 0 spiro atoms. The van der Waals surface area contributed by atoms with Gasteiger partial charge in [-0.2, -0.15) is 4.39 Å². The van der Waals surface area contributed by atoms with Gasteiger partial charge in [-0.25, -0.2) is 18.0 Å². The van der Waals surface area contributed by atoms with Crippen LogP contribution in [-0.2, 0) is 4.74 Å². The Morgan fingerprint density at radius 3 is 2.22 bits per heavy atom. The summed E-state index contributed by atoms with van der Waals surface area (Å²) >= 11 is 0. The third-order valence-electron chi connectivity index (χ3n) is 6.52. The van der Waals surface area contributed by atoms with Crippen LogP contribution in [0.5, 0.6) is 5.75 Å². The molecule has 0 heterocycles. The van der Waals surface area contributed by atoms with Crippen LogP contribution < -0.4 is 4.74 Å². The highest BCUT2D eigenvalue weighted by Crippen LogP contribution is 2.38. The van der Waals surface area contributed by atoms with Gasteiger partial charge in [0.05, 0.1) is 12.2 Å². The summed E-state index contributed by atoms with van der Waals surface area (Å²) < 4.78 is 68.7. The van der Waals surface area contributed by atoms with Crippen molar-refractivity contribution >= 4 is 12.0 Å². The Morgan fingerprint density at radius 1 is 0.889 bits per heavy atom. The number of benzene rings is 3. The van der Waals surface area contributed by atoms with Crippen molar-refractivity contribution in [2.45, 2.75) is 44.6 Å². The molecule has 188 valence electrons. The van der Waals surface area contributed by atoms with Crippen LogP contribution in [0.2, 0.25) is 0 Å². The van der Waals surface area contributed by atoms with Crippen LogP contribution in [0.25, 0.3) is 17.2 Å². The number of carbonyl (C=O) groups is 1. The molecule has 3 nitrogen and oxygen atoms in total. The first-order valence-corrected chi connectivity index (χ1v) is 11.9. The first kappa shape index (κ1) is 25.5. The highest BCUT2D eigenvalue weighted by molar-refractivity contribution is 5.90. The molecule has 0 saturated heterocycles. The number of hydrogen-bond donors (Lipinski definition) is 0. The number of carbonyl (C=O) groups excluding carboxylic acids is 1. The van der Waals surface area contributed by atoms with Gasteiger partial charge in [0.1, 0.15) is 6.10 Å². The van der Waals surface area contributed by atoms with Crippen molar-refractivity contribution < 1.29 is 31.8 Å². The molecule has 0 amide bonds. The van der Waals surface area contributed by atoms with Gasteiger partial charge in [0, 0.05) is 5.56 Å². The first-order chi connectivity index (χ1) is 17.3. The van der Waals surface area contributed by atoms with Crippen molar-refractivity contribution in [3.8, 4) is 16.9 Å². The average molecular weight is 499 g/mol. The van der Waals surface area contributed by atoms with Gasteiger partial charge in [-0.15, -0.1) is 0 Å². The largest absolute Gasteiger partial charge is 0.491 e. The Hall–Kier alpha value is -3.61. The van der Waals surface area contributed by atoms with E-state index in [1.807, 2.05) is 0 Å². The maximum Gasteiger partial charge on any atom is 0.341 e. The van der Waals surface area contributed by atoms with E-state index in [1.165, 1.54) is 6.07 Å². The van der Waals surface area contributed by atoms with Crippen LogP contribution in [0.15, 0.2) is 55.1 Å². The fourth-order valence-electron chi connectivity index (χ4n) is 4.56. The minimum Gasteiger partial charge on any atom is -0.491 e. The van der Waals surface area contributed by atoms with Gasteiger partial charge >= 0.3 is 5.97 Å². The lowest BCUT2D eigenvalue weighted by Gasteiger charge is -2.29. The Balaban J connectivity index is 1.41. The van der Waals surface area contributed by atoms with E-state index in [4.69, 9.17) is 9.47 Å². The molecule has 0 unspecified atom stereocenters. The SMILES string of the molecule is C=Cc1ccc(-c2ccc(C3CCC(OC(=O)c4ccc(OCC)c(F)c4F)CC3)c(F)c2F)cc1. The van der Waals surface area contributed by atoms with Crippen molar-refractivity contribution in [1.82, 2.24) is 0 Å². The van der Waals surface area contributed by atoms with Crippen LogP contribution in [-0.4, -0.2) is 18.7 Å². The molecule has 1 aliphatic carbocycles. The number of ether oxygens (including phenoxy) is 2. The molecule has 0 aromatic heterocycles. The molecule has 3 aromatic rings. The van der Waals surface area contributed by atoms with Gasteiger partial charge in [0.2, 0.25) is 5.82 Å². The van der Waals surface area contributed by atoms with Crippen LogP contribution in [0.4, 0.5) is 17.6 Å². The molecule has 1 aliphatic rings. The highest BCUT2D eigenvalue weighted by Gasteiger charge is 2.30. The minimum absolute atomic E-state index is 0.152. The van der Waals surface area contributed by atoms with E-state index in [-0.39, 0.29) is 29.4 Å². The summed E-state index contributed by atoms with van der Waals surface area (Å²) in [7, 11) is 0. The Kier molecular flexibility index (Phi) is 7.77. The average Bonchev–Trinajstić information content (AvgIpc) is 2.89. The molecule has 1 saturated carbocycles. The third kappa shape index (κ3) is 5.15. The standard InChI is InChI=1S/C29H26F4O3/c1-3-17-5-7-18(8-6-17)21-13-14-22(26(31)25(21)30)19-9-11-20(12-10-19)36-29(34)23-15-16-24(35-4-2)28(33)27(23)32/h3,5-8,13-16,19-20H,1,4,9-12H2,2H3. The summed E-state index contributed by atoms with van der Waals surface area (Å²) in [6.07, 6.45) is 2.85. The third-order valence-corrected chi connectivity index (χ3v) is 6.52. The fourth-order valence-corrected chi connectivity index (χ4v) is 4.56. The maximum atomic E-state index is 15.0. The van der Waals surface area contributed by atoms with Crippen molar-refractivity contribution in [2.75, 3.05) is 6.61 Å². The van der Waals surface area contributed by atoms with Crippen molar-refractivity contribution in [3.63, 3.8) is 0 Å². The summed E-state index contributed by atoms with van der Waals surface area (Å²) in [5, 5.41) is 0. The zero-order valence-electron chi connectivity index (χ0n) is 19.8. The Labute approximate surface area is 207 Å². The molecule has 7 heteroatoms. The van der Waals surface area contributed by atoms with Crippen LogP contribution in [0, 0.1) is 23.3 Å². The minimum atomic E-state index is -1.32. The molecule has 4 rings (SSSR count). The fraction of sp³-hybridized carbons (Fsp3) is 0.276. The van der Waals surface area contributed by atoms with Gasteiger partial charge in [0.15, 0.2) is 23.2 Å². The number of rotatable bonds is 7. The van der Waals surface area contributed by atoms with Gasteiger partial charge < -0.3 is 9.47 Å². The molecule has 36 heavy (non-hydrogen) atoms. The van der Waals surface area contributed by atoms with Crippen molar-refractivity contribution in [2.24, 2.45) is 0 Å². The Morgan fingerprint density at radius 2 is 1.58 bits per heavy atom. The summed E-state index contributed by atoms with van der Waals surface area (Å²) in [5.74, 6) is -5.84. The van der Waals surface area contributed by atoms with E-state index >= 15 is 4.39 Å². The first-order valence-electron chi connectivity index (χ1n) is 11.9. The van der Waals surface area contributed by atoms with Gasteiger partial charge in [-0.1, -0.05) is 49.1 Å². The van der Waals surface area contributed by atoms with Crippen LogP contribution >= 0.6 is 0 Å². The summed E-state index contributed by atoms with van der Waals surface area (Å²) in [5.41, 5.74) is 1.39. The quantitative estimate of drug-likeness (QED) is 0.246.